The van der Waals surface area contributed by atoms with Crippen molar-refractivity contribution in [3.63, 3.8) is 0 Å². The Balaban J connectivity index is 1.37. The molecular weight excluding hydrogens is 467 g/mol. The molecule has 2 amide bonds. The number of nitrogens with zero attached hydrogens (tertiary/aromatic N) is 1. The first-order chi connectivity index (χ1) is 18.0. The molecule has 5 unspecified atom stereocenters. The topological polar surface area (TPSA) is 62.4 Å². The van der Waals surface area contributed by atoms with Gasteiger partial charge in [0.15, 0.2) is 0 Å². The number of fused-ring (bicyclic) bond motifs is 8. The van der Waals surface area contributed by atoms with Gasteiger partial charge in [0.2, 0.25) is 11.8 Å². The summed E-state index contributed by atoms with van der Waals surface area (Å²) >= 11 is 0. The molecule has 5 nitrogen and oxygen atoms in total. The predicted octanol–water partition coefficient (Wildman–Crippen LogP) is 6.27. The number of halogens is 1. The number of anilines is 1. The highest BCUT2D eigenvalue weighted by atomic mass is 19.1. The zero-order valence-electron chi connectivity index (χ0n) is 20.5. The molecule has 0 spiro atoms. The highest BCUT2D eigenvalue weighted by Crippen LogP contribution is 2.59. The molecule has 37 heavy (non-hydrogen) atoms. The minimum Gasteiger partial charge on any atom is -0.497 e. The fourth-order valence-electron chi connectivity index (χ4n) is 7.25. The highest BCUT2D eigenvalue weighted by Gasteiger charge is 2.59. The van der Waals surface area contributed by atoms with Gasteiger partial charge >= 0.3 is 0 Å². The monoisotopic (exact) mass is 494 g/mol. The Morgan fingerprint density at radius 1 is 0.946 bits per heavy atom. The number of carbonyl (C=O) groups is 2. The first kappa shape index (κ1) is 22.3. The smallest absolute Gasteiger partial charge is 0.243 e. The lowest BCUT2D eigenvalue weighted by Gasteiger charge is -2.43. The summed E-state index contributed by atoms with van der Waals surface area (Å²) in [7, 11) is 1.59. The molecule has 1 aliphatic heterocycles. The van der Waals surface area contributed by atoms with Gasteiger partial charge in [0, 0.05) is 16.6 Å². The van der Waals surface area contributed by atoms with E-state index in [-0.39, 0.29) is 29.5 Å². The number of nitrogens with one attached hydrogen (secondary N) is 1. The Bertz CT molecular complexity index is 1530. The molecule has 5 atom stereocenters. The molecule has 2 heterocycles. The maximum absolute atomic E-state index is 14.4. The summed E-state index contributed by atoms with van der Waals surface area (Å²) in [5.41, 5.74) is 4.47. The Kier molecular flexibility index (Phi) is 5.00. The second kappa shape index (κ2) is 8.30. The summed E-state index contributed by atoms with van der Waals surface area (Å²) in [6.45, 7) is 0. The third-order valence-electron chi connectivity index (χ3n) is 8.83. The highest BCUT2D eigenvalue weighted by molar-refractivity contribution is 6.24. The Labute approximate surface area is 214 Å². The average molecular weight is 495 g/mol. The summed E-state index contributed by atoms with van der Waals surface area (Å²) in [5, 5.41) is 0.838. The Morgan fingerprint density at radius 3 is 2.49 bits per heavy atom. The van der Waals surface area contributed by atoms with Crippen LogP contribution in [0, 0.1) is 17.7 Å². The molecule has 1 saturated carbocycles. The minimum atomic E-state index is -0.601. The van der Waals surface area contributed by atoms with Crippen LogP contribution in [0.15, 0.2) is 72.8 Å². The fraction of sp³-hybridized carbons (Fsp3) is 0.290. The number of hydrogen-bond donors (Lipinski definition) is 1. The summed E-state index contributed by atoms with van der Waals surface area (Å²) in [6.07, 6.45) is 2.72. The zero-order valence-corrected chi connectivity index (χ0v) is 20.5. The van der Waals surface area contributed by atoms with Crippen molar-refractivity contribution in [3.8, 4) is 5.75 Å². The van der Waals surface area contributed by atoms with Crippen LogP contribution in [0.4, 0.5) is 10.1 Å². The number of carbonyl (C=O) groups excluding carboxylic acids is 2. The van der Waals surface area contributed by atoms with Crippen molar-refractivity contribution in [2.45, 2.75) is 37.0 Å². The van der Waals surface area contributed by atoms with Crippen molar-refractivity contribution >= 4 is 28.4 Å². The minimum absolute atomic E-state index is 0.00146. The maximum Gasteiger partial charge on any atom is 0.243 e. The largest absolute Gasteiger partial charge is 0.497 e. The lowest BCUT2D eigenvalue weighted by Crippen LogP contribution is -2.39. The second-order valence-electron chi connectivity index (χ2n) is 10.5. The van der Waals surface area contributed by atoms with E-state index in [1.807, 2.05) is 6.07 Å². The van der Waals surface area contributed by atoms with Crippen LogP contribution in [0.5, 0.6) is 5.75 Å². The fourth-order valence-corrected chi connectivity index (χ4v) is 7.25. The first-order valence-electron chi connectivity index (χ1n) is 12.9. The quantitative estimate of drug-likeness (QED) is 0.342. The van der Waals surface area contributed by atoms with Gasteiger partial charge in [0.25, 0.3) is 0 Å². The van der Waals surface area contributed by atoms with Gasteiger partial charge in [-0.25, -0.2) is 9.29 Å². The van der Waals surface area contributed by atoms with Gasteiger partial charge in [0.1, 0.15) is 11.6 Å². The number of ether oxygens (including phenoxy) is 1. The summed E-state index contributed by atoms with van der Waals surface area (Å²) in [5.74, 6) is -0.611. The number of H-pyrrole nitrogens is 1. The average Bonchev–Trinajstić information content (AvgIpc) is 3.43. The van der Waals surface area contributed by atoms with Crippen LogP contribution in [0.1, 0.15) is 53.8 Å². The summed E-state index contributed by atoms with van der Waals surface area (Å²) in [4.78, 5) is 32.9. The van der Waals surface area contributed by atoms with E-state index < -0.39 is 11.8 Å². The van der Waals surface area contributed by atoms with Crippen molar-refractivity contribution < 1.29 is 18.7 Å². The molecule has 6 heteroatoms. The number of methoxy groups -OCH3 is 1. The molecule has 0 bridgehead atoms. The molecule has 7 rings (SSSR count). The van der Waals surface area contributed by atoms with Gasteiger partial charge < -0.3 is 9.72 Å². The van der Waals surface area contributed by atoms with Crippen LogP contribution in [0.3, 0.4) is 0 Å². The van der Waals surface area contributed by atoms with Gasteiger partial charge in [0.05, 0.1) is 24.6 Å². The molecule has 186 valence electrons. The normalized spacial score (nSPS) is 26.6. The molecule has 1 aromatic heterocycles. The predicted molar refractivity (Wildman–Crippen MR) is 139 cm³/mol. The van der Waals surface area contributed by atoms with E-state index >= 15 is 0 Å². The molecule has 4 aromatic rings. The number of aromatic nitrogens is 1. The number of amides is 2. The van der Waals surface area contributed by atoms with E-state index in [4.69, 9.17) is 4.74 Å². The van der Waals surface area contributed by atoms with E-state index in [1.165, 1.54) is 16.5 Å². The molecule has 0 radical (unpaired) electrons. The summed E-state index contributed by atoms with van der Waals surface area (Å²) < 4.78 is 19.7. The Hall–Kier alpha value is -3.93. The maximum atomic E-state index is 14.4. The summed E-state index contributed by atoms with van der Waals surface area (Å²) in [6, 6.07) is 22.3. The molecule has 1 N–H and O–H groups in total. The van der Waals surface area contributed by atoms with E-state index in [1.54, 1.807) is 43.5 Å². The van der Waals surface area contributed by atoms with E-state index in [0.717, 1.165) is 41.4 Å². The van der Waals surface area contributed by atoms with Crippen LogP contribution in [-0.4, -0.2) is 23.9 Å². The third kappa shape index (κ3) is 3.28. The van der Waals surface area contributed by atoms with Crippen molar-refractivity contribution in [1.29, 1.82) is 0 Å². The van der Waals surface area contributed by atoms with Crippen LogP contribution in [-0.2, 0) is 9.59 Å². The molecule has 3 aromatic carbocycles. The SMILES string of the molecule is COc1ccc(N2C(=O)C3c4[nH]c5ccc(F)cc5c4C4CCC(c5ccccc5)CC4C3C2=O)cc1. The van der Waals surface area contributed by atoms with Crippen LogP contribution < -0.4 is 9.64 Å². The van der Waals surface area contributed by atoms with Crippen molar-refractivity contribution in [2.24, 2.45) is 11.8 Å². The van der Waals surface area contributed by atoms with Gasteiger partial charge in [-0.15, -0.1) is 0 Å². The standard InChI is InChI=1S/C31H27FN2O3/c1-37-21-11-9-20(10-12-21)34-30(35)27-23-15-18(17-5-3-2-4-6-17)7-13-22(23)26-24-16-19(32)8-14-25(24)33-29(26)28(27)31(34)36/h2-6,8-12,14,16,18,22-23,27-28,33H,7,13,15H2,1H3. The lowest BCUT2D eigenvalue weighted by atomic mass is 9.58. The number of benzene rings is 3. The van der Waals surface area contributed by atoms with E-state index in [2.05, 4.69) is 29.2 Å². The van der Waals surface area contributed by atoms with Crippen molar-refractivity contribution in [3.05, 3.63) is 95.4 Å². The third-order valence-corrected chi connectivity index (χ3v) is 8.83. The molecule has 2 aliphatic carbocycles. The molecular formula is C31H27FN2O3. The molecule has 1 saturated heterocycles. The molecule has 3 aliphatic rings. The van der Waals surface area contributed by atoms with Crippen molar-refractivity contribution in [1.82, 2.24) is 4.98 Å². The number of rotatable bonds is 3. The van der Waals surface area contributed by atoms with Gasteiger partial charge in [-0.2, -0.15) is 0 Å². The van der Waals surface area contributed by atoms with Crippen molar-refractivity contribution in [2.75, 3.05) is 12.0 Å². The van der Waals surface area contributed by atoms with E-state index in [0.29, 0.717) is 17.4 Å². The number of hydrogen-bond acceptors (Lipinski definition) is 3. The number of imide groups is 1. The van der Waals surface area contributed by atoms with Crippen LogP contribution >= 0.6 is 0 Å². The van der Waals surface area contributed by atoms with E-state index in [9.17, 15) is 14.0 Å². The number of aromatic amines is 1. The van der Waals surface area contributed by atoms with Gasteiger partial charge in [-0.1, -0.05) is 30.3 Å². The first-order valence-corrected chi connectivity index (χ1v) is 12.9. The molecule has 2 fully saturated rings. The lowest BCUT2D eigenvalue weighted by molar-refractivity contribution is -0.123. The van der Waals surface area contributed by atoms with Gasteiger partial charge in [-0.3, -0.25) is 9.59 Å². The van der Waals surface area contributed by atoms with Crippen LogP contribution in [0.25, 0.3) is 10.9 Å². The Morgan fingerprint density at radius 2 is 1.73 bits per heavy atom. The van der Waals surface area contributed by atoms with Gasteiger partial charge in [-0.05, 0) is 90.6 Å². The zero-order chi connectivity index (χ0) is 25.3. The second-order valence-corrected chi connectivity index (χ2v) is 10.5. The van der Waals surface area contributed by atoms with Crippen LogP contribution in [0.2, 0.25) is 0 Å².